The number of amides is 1. The first-order chi connectivity index (χ1) is 17.3. The van der Waals surface area contributed by atoms with E-state index in [0.717, 1.165) is 35.6 Å². The number of piperidine rings is 1. The normalized spacial score (nSPS) is 14.4. The van der Waals surface area contributed by atoms with Gasteiger partial charge < -0.3 is 5.32 Å². The second kappa shape index (κ2) is 11.9. The van der Waals surface area contributed by atoms with Crippen LogP contribution < -0.4 is 9.62 Å². The molecule has 0 bridgehead atoms. The van der Waals surface area contributed by atoms with E-state index in [4.69, 9.17) is 11.6 Å². The van der Waals surface area contributed by atoms with Crippen molar-refractivity contribution in [2.75, 3.05) is 23.9 Å². The Morgan fingerprint density at radius 3 is 2.28 bits per heavy atom. The van der Waals surface area contributed by atoms with Crippen LogP contribution in [0.5, 0.6) is 0 Å². The molecule has 0 unspecified atom stereocenters. The molecular formula is C27H29ClFN3O3S. The summed E-state index contributed by atoms with van der Waals surface area (Å²) in [6.07, 6.45) is 3.78. The summed E-state index contributed by atoms with van der Waals surface area (Å²) in [6.45, 7) is 2.94. The Bertz CT molecular complexity index is 1280. The van der Waals surface area contributed by atoms with Crippen LogP contribution in [0.15, 0.2) is 77.7 Å². The highest BCUT2D eigenvalue weighted by molar-refractivity contribution is 7.92. The van der Waals surface area contributed by atoms with Crippen molar-refractivity contribution in [3.8, 4) is 0 Å². The highest BCUT2D eigenvalue weighted by Gasteiger charge is 2.27. The highest BCUT2D eigenvalue weighted by Crippen LogP contribution is 2.27. The predicted octanol–water partition coefficient (Wildman–Crippen LogP) is 4.98. The molecule has 1 saturated heterocycles. The molecule has 0 aromatic heterocycles. The van der Waals surface area contributed by atoms with Crippen molar-refractivity contribution in [1.82, 2.24) is 10.2 Å². The third kappa shape index (κ3) is 6.63. The fourth-order valence-electron chi connectivity index (χ4n) is 4.20. The van der Waals surface area contributed by atoms with Gasteiger partial charge in [0.1, 0.15) is 12.4 Å². The summed E-state index contributed by atoms with van der Waals surface area (Å²) in [6, 6.07) is 19.4. The fourth-order valence-corrected chi connectivity index (χ4v) is 5.81. The molecule has 9 heteroatoms. The Hall–Kier alpha value is -2.94. The number of likely N-dealkylation sites (tertiary alicyclic amines) is 1. The van der Waals surface area contributed by atoms with Crippen LogP contribution in [-0.2, 0) is 27.9 Å². The molecule has 1 amide bonds. The number of hydrogen-bond acceptors (Lipinski definition) is 4. The molecule has 1 fully saturated rings. The van der Waals surface area contributed by atoms with Crippen LogP contribution in [-0.4, -0.2) is 38.9 Å². The molecule has 0 aliphatic carbocycles. The number of halogens is 2. The Morgan fingerprint density at radius 1 is 0.944 bits per heavy atom. The minimum Gasteiger partial charge on any atom is -0.350 e. The number of carbonyl (C=O) groups is 1. The maximum absolute atomic E-state index is 13.7. The number of benzene rings is 3. The zero-order valence-corrected chi connectivity index (χ0v) is 21.4. The van der Waals surface area contributed by atoms with Gasteiger partial charge in [-0.1, -0.05) is 60.5 Å². The zero-order chi connectivity index (χ0) is 25.5. The number of rotatable bonds is 9. The number of carbonyl (C=O) groups excluding carboxylic acids is 1. The molecule has 0 atom stereocenters. The minimum absolute atomic E-state index is 0.0162. The van der Waals surface area contributed by atoms with Crippen LogP contribution >= 0.6 is 11.6 Å². The lowest BCUT2D eigenvalue weighted by Gasteiger charge is -2.26. The number of sulfonamides is 1. The van der Waals surface area contributed by atoms with Crippen LogP contribution in [0.2, 0.25) is 5.02 Å². The molecule has 0 spiro atoms. The van der Waals surface area contributed by atoms with Gasteiger partial charge in [-0.15, -0.1) is 0 Å². The molecule has 1 aliphatic heterocycles. The first-order valence-corrected chi connectivity index (χ1v) is 13.7. The Balaban J connectivity index is 1.44. The molecule has 3 aromatic rings. The molecule has 3 aromatic carbocycles. The Morgan fingerprint density at radius 2 is 1.61 bits per heavy atom. The first-order valence-electron chi connectivity index (χ1n) is 11.9. The maximum atomic E-state index is 13.7. The topological polar surface area (TPSA) is 69.7 Å². The minimum atomic E-state index is -4.09. The molecule has 36 heavy (non-hydrogen) atoms. The van der Waals surface area contributed by atoms with Gasteiger partial charge in [0.15, 0.2) is 0 Å². The zero-order valence-electron chi connectivity index (χ0n) is 19.9. The lowest BCUT2D eigenvalue weighted by molar-refractivity contribution is -0.119. The van der Waals surface area contributed by atoms with Crippen molar-refractivity contribution in [3.05, 3.63) is 94.8 Å². The Kier molecular flexibility index (Phi) is 8.61. The highest BCUT2D eigenvalue weighted by atomic mass is 35.5. The lowest BCUT2D eigenvalue weighted by atomic mass is 10.1. The van der Waals surface area contributed by atoms with Gasteiger partial charge in [-0.3, -0.25) is 14.0 Å². The molecule has 1 heterocycles. The van der Waals surface area contributed by atoms with Crippen LogP contribution in [0, 0.1) is 5.82 Å². The molecule has 0 saturated carbocycles. The van der Waals surface area contributed by atoms with Gasteiger partial charge in [-0.05, 0) is 67.4 Å². The lowest BCUT2D eigenvalue weighted by Crippen LogP contribution is -2.40. The molecular weight excluding hydrogens is 501 g/mol. The molecule has 0 radical (unpaired) electrons. The van der Waals surface area contributed by atoms with Crippen molar-refractivity contribution < 1.29 is 17.6 Å². The summed E-state index contributed by atoms with van der Waals surface area (Å²) in [4.78, 5) is 15.3. The summed E-state index contributed by atoms with van der Waals surface area (Å²) in [5.41, 5.74) is 2.23. The van der Waals surface area contributed by atoms with Crippen molar-refractivity contribution in [1.29, 1.82) is 0 Å². The van der Waals surface area contributed by atoms with E-state index in [0.29, 0.717) is 0 Å². The van der Waals surface area contributed by atoms with Crippen LogP contribution in [0.3, 0.4) is 0 Å². The van der Waals surface area contributed by atoms with Crippen LogP contribution in [0.4, 0.5) is 10.1 Å². The number of nitrogens with one attached hydrogen (secondary N) is 1. The maximum Gasteiger partial charge on any atom is 0.264 e. The van der Waals surface area contributed by atoms with Crippen molar-refractivity contribution >= 4 is 33.2 Å². The van der Waals surface area contributed by atoms with E-state index in [1.807, 2.05) is 12.1 Å². The second-order valence-corrected chi connectivity index (χ2v) is 11.1. The smallest absolute Gasteiger partial charge is 0.264 e. The predicted molar refractivity (Wildman–Crippen MR) is 140 cm³/mol. The first kappa shape index (κ1) is 26.1. The number of hydrogen-bond donors (Lipinski definition) is 1. The van der Waals surface area contributed by atoms with Gasteiger partial charge >= 0.3 is 0 Å². The van der Waals surface area contributed by atoms with E-state index >= 15 is 0 Å². The summed E-state index contributed by atoms with van der Waals surface area (Å²) >= 11 is 5.91. The second-order valence-electron chi connectivity index (χ2n) is 8.85. The van der Waals surface area contributed by atoms with E-state index < -0.39 is 28.3 Å². The van der Waals surface area contributed by atoms with Crippen molar-refractivity contribution in [3.63, 3.8) is 0 Å². The number of anilines is 1. The fraction of sp³-hybridized carbons (Fsp3) is 0.296. The average molecular weight is 530 g/mol. The van der Waals surface area contributed by atoms with Gasteiger partial charge in [0, 0.05) is 13.1 Å². The summed E-state index contributed by atoms with van der Waals surface area (Å²) in [7, 11) is -4.09. The molecule has 6 nitrogen and oxygen atoms in total. The molecule has 1 aliphatic rings. The van der Waals surface area contributed by atoms with Crippen LogP contribution in [0.25, 0.3) is 0 Å². The molecule has 4 rings (SSSR count). The average Bonchev–Trinajstić information content (AvgIpc) is 2.89. The SMILES string of the molecule is O=C(CN(c1ccc(F)c(Cl)c1)S(=O)(=O)c1ccccc1)NCc1ccc(CN2CCCCC2)cc1. The number of nitrogens with zero attached hydrogens (tertiary/aromatic N) is 2. The monoisotopic (exact) mass is 529 g/mol. The summed E-state index contributed by atoms with van der Waals surface area (Å²) in [5.74, 6) is -1.17. The quantitative estimate of drug-likeness (QED) is 0.424. The standard InChI is InChI=1S/C27H29ClFN3O3S/c28-25-17-23(13-14-26(25)29)32(36(34,35)24-7-3-1-4-8-24)20-27(33)30-18-21-9-11-22(12-10-21)19-31-15-5-2-6-16-31/h1,3-4,7-14,17H,2,5-6,15-16,18-20H2,(H,30,33). The van der Waals surface area contributed by atoms with E-state index in [2.05, 4.69) is 22.3 Å². The van der Waals surface area contributed by atoms with Crippen LogP contribution in [0.1, 0.15) is 30.4 Å². The van der Waals surface area contributed by atoms with Gasteiger partial charge in [0.2, 0.25) is 5.91 Å². The van der Waals surface area contributed by atoms with Gasteiger partial charge in [-0.2, -0.15) is 0 Å². The third-order valence-corrected chi connectivity index (χ3v) is 8.25. The van der Waals surface area contributed by atoms with Crippen molar-refractivity contribution in [2.24, 2.45) is 0 Å². The van der Waals surface area contributed by atoms with E-state index in [1.54, 1.807) is 18.2 Å². The third-order valence-electron chi connectivity index (χ3n) is 6.18. The van der Waals surface area contributed by atoms with Gasteiger partial charge in [-0.25, -0.2) is 12.8 Å². The Labute approximate surface area is 216 Å². The van der Waals surface area contributed by atoms with Gasteiger partial charge in [0.25, 0.3) is 10.0 Å². The summed E-state index contributed by atoms with van der Waals surface area (Å²) < 4.78 is 41.4. The van der Waals surface area contributed by atoms with E-state index in [9.17, 15) is 17.6 Å². The van der Waals surface area contributed by atoms with E-state index in [-0.39, 0.29) is 22.2 Å². The largest absolute Gasteiger partial charge is 0.350 e. The molecule has 1 N–H and O–H groups in total. The summed E-state index contributed by atoms with van der Waals surface area (Å²) in [5, 5.41) is 2.56. The van der Waals surface area contributed by atoms with Crippen molar-refractivity contribution in [2.45, 2.75) is 37.2 Å². The molecule has 190 valence electrons. The van der Waals surface area contributed by atoms with Gasteiger partial charge in [0.05, 0.1) is 15.6 Å². The van der Waals surface area contributed by atoms with E-state index in [1.165, 1.54) is 49.1 Å².